The Hall–Kier alpha value is -2.58. The Labute approximate surface area is 180 Å². The van der Waals surface area contributed by atoms with Gasteiger partial charge in [-0.1, -0.05) is 42.0 Å². The van der Waals surface area contributed by atoms with Crippen LogP contribution in [-0.4, -0.2) is 40.6 Å². The molecule has 0 aliphatic carbocycles. The second-order valence-electron chi connectivity index (χ2n) is 7.36. The number of hydrogen-bond acceptors (Lipinski definition) is 4. The normalized spacial score (nSPS) is 12.1. The third-order valence-corrected chi connectivity index (χ3v) is 5.71. The molecule has 0 radical (unpaired) electrons. The van der Waals surface area contributed by atoms with E-state index in [9.17, 15) is 8.42 Å². The summed E-state index contributed by atoms with van der Waals surface area (Å²) in [6.07, 6.45) is 0. The van der Waals surface area contributed by atoms with Crippen molar-refractivity contribution in [3.8, 4) is 5.75 Å². The molecule has 0 amide bonds. The van der Waals surface area contributed by atoms with Gasteiger partial charge < -0.3 is 15.4 Å². The van der Waals surface area contributed by atoms with E-state index in [-0.39, 0.29) is 11.8 Å². The number of benzene rings is 2. The highest BCUT2D eigenvalue weighted by molar-refractivity contribution is 7.88. The minimum Gasteiger partial charge on any atom is -0.492 e. The second-order valence-corrected chi connectivity index (χ2v) is 9.12. The van der Waals surface area contributed by atoms with Crippen molar-refractivity contribution in [2.24, 2.45) is 4.99 Å². The molecule has 2 rings (SSSR count). The lowest BCUT2D eigenvalue weighted by Gasteiger charge is -2.13. The Kier molecular flexibility index (Phi) is 9.14. The standard InChI is InChI=1S/C22H32N4O3S/c1-17(2)26-30(27,28)16-20-9-7-19(8-10-20)15-25-22(23-4)24-13-14-29-21-11-5-18(3)6-12-21/h5-12,17,26H,13-16H2,1-4H3,(H2,23,24,25). The summed E-state index contributed by atoms with van der Waals surface area (Å²) in [4.78, 5) is 4.20. The minimum absolute atomic E-state index is 0.0247. The monoisotopic (exact) mass is 432 g/mol. The Bertz CT molecular complexity index is 908. The number of aryl methyl sites for hydroxylation is 1. The average molecular weight is 433 g/mol. The van der Waals surface area contributed by atoms with Crippen molar-refractivity contribution in [3.63, 3.8) is 0 Å². The molecule has 2 aromatic carbocycles. The van der Waals surface area contributed by atoms with E-state index in [2.05, 4.69) is 20.3 Å². The lowest BCUT2D eigenvalue weighted by molar-refractivity contribution is 0.322. The maximum atomic E-state index is 12.0. The van der Waals surface area contributed by atoms with E-state index in [0.29, 0.717) is 25.7 Å². The van der Waals surface area contributed by atoms with Gasteiger partial charge in [-0.15, -0.1) is 0 Å². The zero-order valence-electron chi connectivity index (χ0n) is 18.1. The van der Waals surface area contributed by atoms with Gasteiger partial charge in [-0.25, -0.2) is 13.1 Å². The fourth-order valence-corrected chi connectivity index (χ4v) is 4.19. The number of aliphatic imine (C=N–C) groups is 1. The predicted octanol–water partition coefficient (Wildman–Crippen LogP) is 2.57. The number of nitrogens with one attached hydrogen (secondary N) is 3. The summed E-state index contributed by atoms with van der Waals surface area (Å²) in [6.45, 7) is 7.38. The zero-order chi connectivity index (χ0) is 22.0. The van der Waals surface area contributed by atoms with E-state index in [0.717, 1.165) is 16.9 Å². The fourth-order valence-electron chi connectivity index (χ4n) is 2.75. The van der Waals surface area contributed by atoms with E-state index in [1.54, 1.807) is 7.05 Å². The van der Waals surface area contributed by atoms with Crippen LogP contribution in [0.5, 0.6) is 5.75 Å². The van der Waals surface area contributed by atoms with Crippen LogP contribution in [0.1, 0.15) is 30.5 Å². The number of rotatable bonds is 10. The van der Waals surface area contributed by atoms with Crippen LogP contribution in [0.2, 0.25) is 0 Å². The predicted molar refractivity (Wildman–Crippen MR) is 122 cm³/mol. The van der Waals surface area contributed by atoms with E-state index < -0.39 is 10.0 Å². The van der Waals surface area contributed by atoms with E-state index in [4.69, 9.17) is 4.74 Å². The van der Waals surface area contributed by atoms with Gasteiger partial charge in [0.25, 0.3) is 0 Å². The van der Waals surface area contributed by atoms with E-state index in [1.807, 2.05) is 69.3 Å². The molecule has 0 atom stereocenters. The van der Waals surface area contributed by atoms with Gasteiger partial charge in [0.2, 0.25) is 10.0 Å². The second kappa shape index (κ2) is 11.6. The molecule has 0 aliphatic heterocycles. The van der Waals surface area contributed by atoms with E-state index >= 15 is 0 Å². The first-order valence-corrected chi connectivity index (χ1v) is 11.6. The van der Waals surface area contributed by atoms with Gasteiger partial charge in [0.05, 0.1) is 12.3 Å². The summed E-state index contributed by atoms with van der Waals surface area (Å²) < 4.78 is 32.3. The summed E-state index contributed by atoms with van der Waals surface area (Å²) in [5, 5.41) is 6.45. The molecule has 8 heteroatoms. The van der Waals surface area contributed by atoms with E-state index in [1.165, 1.54) is 5.56 Å². The van der Waals surface area contributed by atoms with Gasteiger partial charge in [0.1, 0.15) is 12.4 Å². The number of hydrogen-bond donors (Lipinski definition) is 3. The molecule has 0 fully saturated rings. The molecule has 0 saturated heterocycles. The molecule has 0 unspecified atom stereocenters. The van der Waals surface area contributed by atoms with Gasteiger partial charge in [0.15, 0.2) is 5.96 Å². The van der Waals surface area contributed by atoms with Gasteiger partial charge in [-0.05, 0) is 44.0 Å². The van der Waals surface area contributed by atoms with Crippen LogP contribution >= 0.6 is 0 Å². The van der Waals surface area contributed by atoms with Crippen LogP contribution in [0.25, 0.3) is 0 Å². The van der Waals surface area contributed by atoms with Gasteiger partial charge in [-0.3, -0.25) is 4.99 Å². The van der Waals surface area contributed by atoms with Crippen molar-refractivity contribution < 1.29 is 13.2 Å². The summed E-state index contributed by atoms with van der Waals surface area (Å²) in [5.74, 6) is 1.50. The van der Waals surface area contributed by atoms with Crippen LogP contribution in [-0.2, 0) is 22.3 Å². The molecule has 0 saturated carbocycles. The van der Waals surface area contributed by atoms with Crippen molar-refractivity contribution >= 4 is 16.0 Å². The maximum Gasteiger partial charge on any atom is 0.216 e. The first kappa shape index (κ1) is 23.7. The third-order valence-electron chi connectivity index (χ3n) is 4.16. The summed E-state index contributed by atoms with van der Waals surface area (Å²) in [6, 6.07) is 15.3. The van der Waals surface area contributed by atoms with Crippen molar-refractivity contribution in [2.75, 3.05) is 20.2 Å². The first-order chi connectivity index (χ1) is 14.3. The summed E-state index contributed by atoms with van der Waals surface area (Å²) in [7, 11) is -1.60. The summed E-state index contributed by atoms with van der Waals surface area (Å²) in [5.41, 5.74) is 2.99. The largest absolute Gasteiger partial charge is 0.492 e. The third kappa shape index (κ3) is 8.84. The van der Waals surface area contributed by atoms with Gasteiger partial charge in [0, 0.05) is 19.6 Å². The van der Waals surface area contributed by atoms with Crippen LogP contribution in [0.3, 0.4) is 0 Å². The Morgan fingerprint density at radius 3 is 2.23 bits per heavy atom. The minimum atomic E-state index is -3.32. The lowest BCUT2D eigenvalue weighted by atomic mass is 10.1. The molecule has 0 aliphatic rings. The number of sulfonamides is 1. The van der Waals surface area contributed by atoms with Crippen molar-refractivity contribution in [1.82, 2.24) is 15.4 Å². The molecule has 2 aromatic rings. The molecule has 0 spiro atoms. The van der Waals surface area contributed by atoms with Crippen molar-refractivity contribution in [3.05, 3.63) is 65.2 Å². The smallest absolute Gasteiger partial charge is 0.216 e. The molecule has 0 bridgehead atoms. The molecule has 0 heterocycles. The van der Waals surface area contributed by atoms with Crippen LogP contribution in [0.4, 0.5) is 0 Å². The fraction of sp³-hybridized carbons (Fsp3) is 0.409. The van der Waals surface area contributed by atoms with Crippen LogP contribution in [0, 0.1) is 6.92 Å². The Balaban J connectivity index is 1.74. The molecule has 164 valence electrons. The van der Waals surface area contributed by atoms with Crippen LogP contribution < -0.4 is 20.1 Å². The molecule has 3 N–H and O–H groups in total. The number of ether oxygens (including phenoxy) is 1. The number of guanidine groups is 1. The highest BCUT2D eigenvalue weighted by Crippen LogP contribution is 2.11. The van der Waals surface area contributed by atoms with Crippen molar-refractivity contribution in [2.45, 2.75) is 39.1 Å². The molecule has 7 nitrogen and oxygen atoms in total. The zero-order valence-corrected chi connectivity index (χ0v) is 18.9. The van der Waals surface area contributed by atoms with Crippen molar-refractivity contribution in [1.29, 1.82) is 0 Å². The summed E-state index contributed by atoms with van der Waals surface area (Å²) >= 11 is 0. The number of nitrogens with zero attached hydrogens (tertiary/aromatic N) is 1. The highest BCUT2D eigenvalue weighted by Gasteiger charge is 2.12. The Morgan fingerprint density at radius 2 is 1.63 bits per heavy atom. The molecule has 0 aromatic heterocycles. The molecular formula is C22H32N4O3S. The highest BCUT2D eigenvalue weighted by atomic mass is 32.2. The van der Waals surface area contributed by atoms with Gasteiger partial charge in [-0.2, -0.15) is 0 Å². The van der Waals surface area contributed by atoms with Gasteiger partial charge >= 0.3 is 0 Å². The SMILES string of the molecule is CN=C(NCCOc1ccc(C)cc1)NCc1ccc(CS(=O)(=O)NC(C)C)cc1. The first-order valence-electron chi connectivity index (χ1n) is 9.99. The average Bonchev–Trinajstić information content (AvgIpc) is 2.68. The lowest BCUT2D eigenvalue weighted by Crippen LogP contribution is -2.38. The topological polar surface area (TPSA) is 91.8 Å². The molecular weight excluding hydrogens is 400 g/mol. The quantitative estimate of drug-likeness (QED) is 0.305. The van der Waals surface area contributed by atoms with Crippen LogP contribution in [0.15, 0.2) is 53.5 Å². The maximum absolute atomic E-state index is 12.0. The molecule has 30 heavy (non-hydrogen) atoms. The Morgan fingerprint density at radius 1 is 1.00 bits per heavy atom.